The van der Waals surface area contributed by atoms with Crippen LogP contribution in [-0.4, -0.2) is 0 Å². The summed E-state index contributed by atoms with van der Waals surface area (Å²) in [6, 6.07) is 13.6. The molecule has 0 amide bonds. The molecule has 0 N–H and O–H groups in total. The molecule has 1 fully saturated rings. The number of fused-ring (bicyclic) bond motifs is 1. The first-order valence-electron chi connectivity index (χ1n) is 10.2. The van der Waals surface area contributed by atoms with Gasteiger partial charge in [-0.3, -0.25) is 0 Å². The Bertz CT molecular complexity index is 939. The summed E-state index contributed by atoms with van der Waals surface area (Å²) in [6.07, 6.45) is 15.4. The molecule has 0 heterocycles. The summed E-state index contributed by atoms with van der Waals surface area (Å²) < 4.78 is 0. The molecule has 0 saturated heterocycles. The van der Waals surface area contributed by atoms with E-state index in [0.717, 1.165) is 5.92 Å². The van der Waals surface area contributed by atoms with Gasteiger partial charge in [-0.2, -0.15) is 0 Å². The SMILES string of the molecule is Cc1ccc(-c2ccc(C(C)C)cc2)c2c1=[C]C(=CC1CCCCC1)C=2.[Zr]. The first-order valence-corrected chi connectivity index (χ1v) is 10.2. The van der Waals surface area contributed by atoms with Crippen LogP contribution in [0.1, 0.15) is 63.0 Å². The van der Waals surface area contributed by atoms with E-state index >= 15 is 0 Å². The molecule has 0 nitrogen and oxygen atoms in total. The minimum absolute atomic E-state index is 0. The molecule has 2 aromatic rings. The Morgan fingerprint density at radius 2 is 1.67 bits per heavy atom. The Kier molecular flexibility index (Phi) is 6.75. The summed E-state index contributed by atoms with van der Waals surface area (Å²) in [4.78, 5) is 0. The van der Waals surface area contributed by atoms with Crippen molar-refractivity contribution in [2.24, 2.45) is 5.92 Å². The van der Waals surface area contributed by atoms with Crippen molar-refractivity contribution in [2.45, 2.75) is 58.8 Å². The minimum atomic E-state index is 0. The van der Waals surface area contributed by atoms with Gasteiger partial charge in [0.25, 0.3) is 0 Å². The molecule has 1 heteroatoms. The van der Waals surface area contributed by atoms with E-state index in [1.165, 1.54) is 70.4 Å². The van der Waals surface area contributed by atoms with E-state index in [-0.39, 0.29) is 26.2 Å². The van der Waals surface area contributed by atoms with Crippen LogP contribution in [0.4, 0.5) is 0 Å². The number of benzene rings is 2. The van der Waals surface area contributed by atoms with E-state index in [9.17, 15) is 0 Å². The van der Waals surface area contributed by atoms with Crippen molar-refractivity contribution in [3.05, 3.63) is 69.6 Å². The second-order valence-corrected chi connectivity index (χ2v) is 8.28. The molecule has 0 bridgehead atoms. The smallest absolute Gasteiger partial charge is 0 e. The number of hydrogen-bond acceptors (Lipinski definition) is 0. The van der Waals surface area contributed by atoms with E-state index in [0.29, 0.717) is 5.92 Å². The van der Waals surface area contributed by atoms with Crippen LogP contribution in [-0.2, 0) is 26.2 Å². The summed E-state index contributed by atoms with van der Waals surface area (Å²) in [5, 5.41) is 2.64. The van der Waals surface area contributed by atoms with Gasteiger partial charge in [0.15, 0.2) is 0 Å². The topological polar surface area (TPSA) is 0 Å². The monoisotopic (exact) mass is 431 g/mol. The number of aryl methyl sites for hydroxylation is 1. The average Bonchev–Trinajstić information content (AvgIpc) is 3.07. The van der Waals surface area contributed by atoms with Gasteiger partial charge in [0.2, 0.25) is 0 Å². The van der Waals surface area contributed by atoms with Gasteiger partial charge in [-0.1, -0.05) is 75.6 Å². The Morgan fingerprint density at radius 3 is 2.33 bits per heavy atom. The fourth-order valence-corrected chi connectivity index (χ4v) is 4.32. The molecular weight excluding hydrogens is 404 g/mol. The van der Waals surface area contributed by atoms with Gasteiger partial charge in [0, 0.05) is 26.2 Å². The van der Waals surface area contributed by atoms with E-state index in [1.807, 2.05) is 0 Å². The minimum Gasteiger partial charge on any atom is -0.0735 e. The fourth-order valence-electron chi connectivity index (χ4n) is 4.32. The van der Waals surface area contributed by atoms with Crippen LogP contribution in [0.3, 0.4) is 0 Å². The number of allylic oxidation sites excluding steroid dienone is 2. The molecule has 0 spiro atoms. The van der Waals surface area contributed by atoms with Crippen molar-refractivity contribution in [1.82, 2.24) is 0 Å². The van der Waals surface area contributed by atoms with Crippen LogP contribution in [0.5, 0.6) is 0 Å². The Labute approximate surface area is 183 Å². The molecule has 1 radical (unpaired) electrons. The molecule has 0 unspecified atom stereocenters. The van der Waals surface area contributed by atoms with Crippen LogP contribution in [0.25, 0.3) is 23.3 Å². The molecular formula is C26H29Zr. The Morgan fingerprint density at radius 1 is 0.963 bits per heavy atom. The maximum absolute atomic E-state index is 3.70. The molecule has 27 heavy (non-hydrogen) atoms. The molecule has 0 atom stereocenters. The van der Waals surface area contributed by atoms with Crippen LogP contribution in [0, 0.1) is 12.8 Å². The molecule has 4 rings (SSSR count). The zero-order valence-electron chi connectivity index (χ0n) is 16.8. The summed E-state index contributed by atoms with van der Waals surface area (Å²) in [7, 11) is 0. The zero-order valence-corrected chi connectivity index (χ0v) is 19.3. The molecule has 1 saturated carbocycles. The molecule has 0 aliphatic heterocycles. The number of rotatable bonds is 3. The van der Waals surface area contributed by atoms with Crippen molar-refractivity contribution in [3.8, 4) is 11.1 Å². The quantitative estimate of drug-likeness (QED) is 0.580. The third kappa shape index (κ3) is 4.46. The normalized spacial score (nSPS) is 18.0. The first-order chi connectivity index (χ1) is 12.6. The van der Waals surface area contributed by atoms with Crippen molar-refractivity contribution in [3.63, 3.8) is 0 Å². The van der Waals surface area contributed by atoms with E-state index in [1.54, 1.807) is 0 Å². The first kappa shape index (κ1) is 20.5. The molecule has 2 aliphatic carbocycles. The molecule has 2 aromatic carbocycles. The van der Waals surface area contributed by atoms with Crippen LogP contribution in [0.15, 0.2) is 48.0 Å². The van der Waals surface area contributed by atoms with Gasteiger partial charge in [-0.05, 0) is 82.0 Å². The molecule has 137 valence electrons. The summed E-state index contributed by atoms with van der Waals surface area (Å²) >= 11 is 0. The van der Waals surface area contributed by atoms with Crippen molar-refractivity contribution >= 4 is 12.2 Å². The van der Waals surface area contributed by atoms with Gasteiger partial charge in [-0.25, -0.2) is 0 Å². The molecule has 0 aromatic heterocycles. The fraction of sp³-hybridized carbons (Fsp3) is 0.385. The van der Waals surface area contributed by atoms with Gasteiger partial charge in [-0.15, -0.1) is 0 Å². The summed E-state index contributed by atoms with van der Waals surface area (Å²) in [6.45, 7) is 6.70. The standard InChI is InChI=1S/C26H29.Zr/c1-18(2)22-10-12-23(13-11-22)24-14-9-19(3)25-16-21(17-26(24)25)15-20-7-5-4-6-8-20;/h9-15,17-18,20H,4-8H2,1-3H3;. The predicted molar refractivity (Wildman–Crippen MR) is 112 cm³/mol. The van der Waals surface area contributed by atoms with Crippen LogP contribution >= 0.6 is 0 Å². The second kappa shape index (κ2) is 8.87. The Hall–Kier alpha value is -1.20. The largest absolute Gasteiger partial charge is 0.0735 e. The maximum atomic E-state index is 3.70. The van der Waals surface area contributed by atoms with Crippen molar-refractivity contribution in [2.75, 3.05) is 0 Å². The Balaban J connectivity index is 0.00000210. The maximum Gasteiger partial charge on any atom is 0 e. The predicted octanol–water partition coefficient (Wildman–Crippen LogP) is 5.74. The number of hydrogen-bond donors (Lipinski definition) is 0. The van der Waals surface area contributed by atoms with E-state index in [4.69, 9.17) is 0 Å². The third-order valence-electron chi connectivity index (χ3n) is 5.98. The summed E-state index contributed by atoms with van der Waals surface area (Å²) in [5.41, 5.74) is 6.66. The van der Waals surface area contributed by atoms with Crippen LogP contribution < -0.4 is 10.4 Å². The van der Waals surface area contributed by atoms with Gasteiger partial charge < -0.3 is 0 Å². The van der Waals surface area contributed by atoms with Crippen molar-refractivity contribution in [1.29, 1.82) is 0 Å². The van der Waals surface area contributed by atoms with E-state index < -0.39 is 0 Å². The molecule has 2 aliphatic rings. The average molecular weight is 433 g/mol. The van der Waals surface area contributed by atoms with Gasteiger partial charge >= 0.3 is 0 Å². The summed E-state index contributed by atoms with van der Waals surface area (Å²) in [5.74, 6) is 1.32. The van der Waals surface area contributed by atoms with Crippen molar-refractivity contribution < 1.29 is 26.2 Å². The van der Waals surface area contributed by atoms with Gasteiger partial charge in [0.05, 0.1) is 0 Å². The van der Waals surface area contributed by atoms with Gasteiger partial charge in [0.1, 0.15) is 0 Å². The zero-order chi connectivity index (χ0) is 18.1. The van der Waals surface area contributed by atoms with Crippen LogP contribution in [0.2, 0.25) is 0 Å². The van der Waals surface area contributed by atoms with E-state index in [2.05, 4.69) is 75.4 Å². The second-order valence-electron chi connectivity index (χ2n) is 8.28. The third-order valence-corrected chi connectivity index (χ3v) is 5.98.